The van der Waals surface area contributed by atoms with Crippen LogP contribution in [0.3, 0.4) is 0 Å². The molecule has 0 aliphatic heterocycles. The second kappa shape index (κ2) is 9.47. The summed E-state index contributed by atoms with van der Waals surface area (Å²) in [5.74, 6) is 0.926. The van der Waals surface area contributed by atoms with Crippen LogP contribution in [0.25, 0.3) is 0 Å². The highest BCUT2D eigenvalue weighted by atomic mass is 35.5. The van der Waals surface area contributed by atoms with Gasteiger partial charge in [-0.25, -0.2) is 0 Å². The molecule has 0 spiro atoms. The molecule has 0 radical (unpaired) electrons. The fraction of sp³-hybridized carbons (Fsp3) is 0.429. The SMILES string of the molecule is Clc1ccc(COc2ccccc2CNC2CCCCCC2)cc1Cl. The molecule has 0 heterocycles. The van der Waals surface area contributed by atoms with Crippen molar-refractivity contribution in [2.45, 2.75) is 57.7 Å². The van der Waals surface area contributed by atoms with Gasteiger partial charge in [-0.15, -0.1) is 0 Å². The normalized spacial score (nSPS) is 15.8. The lowest BCUT2D eigenvalue weighted by molar-refractivity contribution is 0.301. The van der Waals surface area contributed by atoms with Gasteiger partial charge in [0, 0.05) is 18.2 Å². The molecular formula is C21H25Cl2NO. The molecule has 1 fully saturated rings. The Hall–Kier alpha value is -1.22. The summed E-state index contributed by atoms with van der Waals surface area (Å²) in [4.78, 5) is 0. The van der Waals surface area contributed by atoms with E-state index in [1.807, 2.05) is 30.3 Å². The molecule has 1 aliphatic rings. The van der Waals surface area contributed by atoms with E-state index >= 15 is 0 Å². The van der Waals surface area contributed by atoms with Crippen LogP contribution < -0.4 is 10.1 Å². The molecule has 2 aromatic rings. The second-order valence-electron chi connectivity index (χ2n) is 6.71. The second-order valence-corrected chi connectivity index (χ2v) is 7.53. The van der Waals surface area contributed by atoms with Gasteiger partial charge in [-0.3, -0.25) is 0 Å². The van der Waals surface area contributed by atoms with E-state index in [1.54, 1.807) is 0 Å². The van der Waals surface area contributed by atoms with Gasteiger partial charge in [-0.2, -0.15) is 0 Å². The number of para-hydroxylation sites is 1. The standard InChI is InChI=1S/C21H25Cl2NO/c22-19-12-11-16(13-20(19)23)15-25-21-10-6-5-7-17(21)14-24-18-8-3-1-2-4-9-18/h5-7,10-13,18,24H,1-4,8-9,14-15H2. The molecule has 0 atom stereocenters. The minimum atomic E-state index is 0.483. The molecule has 25 heavy (non-hydrogen) atoms. The Morgan fingerprint density at radius 3 is 2.44 bits per heavy atom. The molecule has 1 saturated carbocycles. The van der Waals surface area contributed by atoms with Crippen molar-refractivity contribution in [1.82, 2.24) is 5.32 Å². The Labute approximate surface area is 160 Å². The summed E-state index contributed by atoms with van der Waals surface area (Å²) in [7, 11) is 0. The number of hydrogen-bond donors (Lipinski definition) is 1. The van der Waals surface area contributed by atoms with Crippen LogP contribution in [0.5, 0.6) is 5.75 Å². The lowest BCUT2D eigenvalue weighted by Crippen LogP contribution is -2.28. The Morgan fingerprint density at radius 1 is 0.920 bits per heavy atom. The lowest BCUT2D eigenvalue weighted by Gasteiger charge is -2.18. The van der Waals surface area contributed by atoms with E-state index < -0.39 is 0 Å². The first-order valence-corrected chi connectivity index (χ1v) is 9.86. The van der Waals surface area contributed by atoms with Gasteiger partial charge in [0.05, 0.1) is 10.0 Å². The maximum Gasteiger partial charge on any atom is 0.124 e. The molecule has 0 unspecified atom stereocenters. The summed E-state index contributed by atoms with van der Waals surface area (Å²) < 4.78 is 6.04. The van der Waals surface area contributed by atoms with Gasteiger partial charge in [0.2, 0.25) is 0 Å². The quantitative estimate of drug-likeness (QED) is 0.589. The van der Waals surface area contributed by atoms with Crippen LogP contribution in [-0.4, -0.2) is 6.04 Å². The number of ether oxygens (including phenoxy) is 1. The third kappa shape index (κ3) is 5.64. The van der Waals surface area contributed by atoms with Crippen LogP contribution >= 0.6 is 23.2 Å². The fourth-order valence-corrected chi connectivity index (χ4v) is 3.64. The number of hydrogen-bond acceptors (Lipinski definition) is 2. The Bertz CT molecular complexity index is 681. The van der Waals surface area contributed by atoms with Crippen molar-refractivity contribution in [2.75, 3.05) is 0 Å². The van der Waals surface area contributed by atoms with Crippen LogP contribution in [0.1, 0.15) is 49.7 Å². The predicted molar refractivity (Wildman–Crippen MR) is 106 cm³/mol. The van der Waals surface area contributed by atoms with Gasteiger partial charge in [-0.05, 0) is 36.6 Å². The van der Waals surface area contributed by atoms with E-state index in [9.17, 15) is 0 Å². The molecule has 134 valence electrons. The molecule has 2 aromatic carbocycles. The van der Waals surface area contributed by atoms with Gasteiger partial charge >= 0.3 is 0 Å². The zero-order chi connectivity index (χ0) is 17.5. The minimum absolute atomic E-state index is 0.483. The van der Waals surface area contributed by atoms with E-state index in [2.05, 4.69) is 17.4 Å². The van der Waals surface area contributed by atoms with Gasteiger partial charge in [0.1, 0.15) is 12.4 Å². The third-order valence-corrected chi connectivity index (χ3v) is 5.53. The molecule has 1 aliphatic carbocycles. The highest BCUT2D eigenvalue weighted by molar-refractivity contribution is 6.42. The first kappa shape index (κ1) is 18.6. The predicted octanol–water partition coefficient (Wildman–Crippen LogP) is 6.38. The molecular weight excluding hydrogens is 353 g/mol. The van der Waals surface area contributed by atoms with Crippen LogP contribution in [0, 0.1) is 0 Å². The highest BCUT2D eigenvalue weighted by Gasteiger charge is 2.12. The van der Waals surface area contributed by atoms with E-state index in [-0.39, 0.29) is 0 Å². The molecule has 0 amide bonds. The summed E-state index contributed by atoms with van der Waals surface area (Å²) in [6.45, 7) is 1.33. The Morgan fingerprint density at radius 2 is 1.68 bits per heavy atom. The molecule has 3 rings (SSSR count). The first-order chi connectivity index (χ1) is 12.2. The molecule has 0 aromatic heterocycles. The summed E-state index contributed by atoms with van der Waals surface area (Å²) in [6.07, 6.45) is 8.00. The maximum atomic E-state index is 6.08. The van der Waals surface area contributed by atoms with Crippen LogP contribution in [0.4, 0.5) is 0 Å². The van der Waals surface area contributed by atoms with E-state index in [0.717, 1.165) is 17.9 Å². The monoisotopic (exact) mass is 377 g/mol. The summed E-state index contributed by atoms with van der Waals surface area (Å²) in [6, 6.07) is 14.5. The average molecular weight is 378 g/mol. The largest absolute Gasteiger partial charge is 0.489 e. The molecule has 0 saturated heterocycles. The first-order valence-electron chi connectivity index (χ1n) is 9.10. The number of halogens is 2. The maximum absolute atomic E-state index is 6.08. The van der Waals surface area contributed by atoms with E-state index in [4.69, 9.17) is 27.9 Å². The third-order valence-electron chi connectivity index (χ3n) is 4.79. The fourth-order valence-electron chi connectivity index (χ4n) is 3.32. The van der Waals surface area contributed by atoms with Crippen molar-refractivity contribution in [2.24, 2.45) is 0 Å². The van der Waals surface area contributed by atoms with Gasteiger partial charge in [0.15, 0.2) is 0 Å². The lowest BCUT2D eigenvalue weighted by atomic mass is 10.1. The number of benzene rings is 2. The van der Waals surface area contributed by atoms with Crippen LogP contribution in [0.2, 0.25) is 10.0 Å². The zero-order valence-corrected chi connectivity index (χ0v) is 16.0. The van der Waals surface area contributed by atoms with E-state index in [0.29, 0.717) is 22.7 Å². The van der Waals surface area contributed by atoms with Crippen molar-refractivity contribution in [3.63, 3.8) is 0 Å². The van der Waals surface area contributed by atoms with Gasteiger partial charge in [-0.1, -0.05) is 73.2 Å². The van der Waals surface area contributed by atoms with Crippen molar-refractivity contribution in [3.8, 4) is 5.75 Å². The summed E-state index contributed by atoms with van der Waals surface area (Å²) in [5.41, 5.74) is 2.22. The van der Waals surface area contributed by atoms with Crippen molar-refractivity contribution >= 4 is 23.2 Å². The molecule has 1 N–H and O–H groups in total. The van der Waals surface area contributed by atoms with Crippen LogP contribution in [0.15, 0.2) is 42.5 Å². The van der Waals surface area contributed by atoms with Gasteiger partial charge in [0.25, 0.3) is 0 Å². The highest BCUT2D eigenvalue weighted by Crippen LogP contribution is 2.25. The number of rotatable bonds is 6. The molecule has 0 bridgehead atoms. The van der Waals surface area contributed by atoms with Crippen molar-refractivity contribution < 1.29 is 4.74 Å². The Kier molecular flexibility index (Phi) is 7.03. The Balaban J connectivity index is 1.59. The topological polar surface area (TPSA) is 21.3 Å². The molecule has 2 nitrogen and oxygen atoms in total. The minimum Gasteiger partial charge on any atom is -0.489 e. The van der Waals surface area contributed by atoms with Gasteiger partial charge < -0.3 is 10.1 Å². The number of nitrogens with one attached hydrogen (secondary N) is 1. The summed E-state index contributed by atoms with van der Waals surface area (Å²) in [5, 5.41) is 4.84. The zero-order valence-electron chi connectivity index (χ0n) is 14.4. The summed E-state index contributed by atoms with van der Waals surface area (Å²) >= 11 is 12.0. The molecule has 4 heteroatoms. The van der Waals surface area contributed by atoms with E-state index in [1.165, 1.54) is 44.1 Å². The van der Waals surface area contributed by atoms with Crippen molar-refractivity contribution in [3.05, 3.63) is 63.6 Å². The smallest absolute Gasteiger partial charge is 0.124 e. The van der Waals surface area contributed by atoms with Crippen LogP contribution in [-0.2, 0) is 13.2 Å². The van der Waals surface area contributed by atoms with Crippen molar-refractivity contribution in [1.29, 1.82) is 0 Å². The average Bonchev–Trinajstić information content (AvgIpc) is 2.90.